The van der Waals surface area contributed by atoms with Crippen molar-refractivity contribution < 1.29 is 32.9 Å². The van der Waals surface area contributed by atoms with E-state index in [-0.39, 0.29) is 23.9 Å². The van der Waals surface area contributed by atoms with Gasteiger partial charge in [-0.05, 0) is 65.5 Å². The van der Waals surface area contributed by atoms with Crippen LogP contribution in [0.2, 0.25) is 0 Å². The molecule has 0 amide bonds. The fraction of sp³-hybridized carbons (Fsp3) is 0.438. The molecule has 40 heavy (non-hydrogen) atoms. The lowest BCUT2D eigenvalue weighted by molar-refractivity contribution is -0.149. The normalized spacial score (nSPS) is 20.6. The average Bonchev–Trinajstić information content (AvgIpc) is 3.30. The Kier molecular flexibility index (Phi) is 7.33. The molecule has 2 aromatic carbocycles. The summed E-state index contributed by atoms with van der Waals surface area (Å²) < 4.78 is 47.9. The van der Waals surface area contributed by atoms with Crippen LogP contribution in [0.1, 0.15) is 68.4 Å². The Balaban J connectivity index is 1.49. The van der Waals surface area contributed by atoms with Gasteiger partial charge in [-0.15, -0.1) is 0 Å². The summed E-state index contributed by atoms with van der Waals surface area (Å²) in [4.78, 5) is 15.8. The molecule has 2 aliphatic carbocycles. The van der Waals surface area contributed by atoms with Crippen LogP contribution in [0, 0.1) is 23.0 Å². The van der Waals surface area contributed by atoms with Crippen molar-refractivity contribution in [1.29, 1.82) is 0 Å². The minimum Gasteiger partial charge on any atom is -0.486 e. The van der Waals surface area contributed by atoms with Crippen LogP contribution in [0.5, 0.6) is 11.6 Å². The molecule has 0 aliphatic heterocycles. The number of nitrogens with zero attached hydrogens (tertiary/aromatic N) is 1. The first-order valence-corrected chi connectivity index (χ1v) is 13.5. The summed E-state index contributed by atoms with van der Waals surface area (Å²) in [6, 6.07) is 10.6. The van der Waals surface area contributed by atoms with E-state index >= 15 is 4.39 Å². The third-order valence-corrected chi connectivity index (χ3v) is 8.52. The summed E-state index contributed by atoms with van der Waals surface area (Å²) in [5.74, 6) is -1.99. The van der Waals surface area contributed by atoms with Crippen LogP contribution in [0.3, 0.4) is 0 Å². The first kappa shape index (κ1) is 28.0. The van der Waals surface area contributed by atoms with Crippen LogP contribution in [0.25, 0.3) is 11.1 Å². The highest BCUT2D eigenvalue weighted by Gasteiger charge is 2.56. The van der Waals surface area contributed by atoms with Crippen LogP contribution in [0.15, 0.2) is 42.6 Å². The Morgan fingerprint density at radius 2 is 1.90 bits per heavy atom. The zero-order chi connectivity index (χ0) is 28.8. The third-order valence-electron chi connectivity index (χ3n) is 8.52. The number of rotatable bonds is 8. The van der Waals surface area contributed by atoms with Crippen LogP contribution in [0.4, 0.5) is 8.78 Å². The quantitative estimate of drug-likeness (QED) is 0.324. The lowest BCUT2D eigenvalue weighted by atomic mass is 9.57. The highest BCUT2D eigenvalue weighted by Crippen LogP contribution is 2.58. The van der Waals surface area contributed by atoms with Crippen molar-refractivity contribution >= 4 is 5.97 Å². The number of aliphatic carboxylic acids is 1. The maximum atomic E-state index is 15.9. The summed E-state index contributed by atoms with van der Waals surface area (Å²) in [6.45, 7) is 6.19. The largest absolute Gasteiger partial charge is 0.486 e. The van der Waals surface area contributed by atoms with Gasteiger partial charge in [-0.1, -0.05) is 39.0 Å². The summed E-state index contributed by atoms with van der Waals surface area (Å²) in [5.41, 5.74) is 2.90. The van der Waals surface area contributed by atoms with E-state index in [1.807, 2.05) is 45.0 Å². The SMILES string of the molecule is COc1cc(-c2ccc(COc3ccc4c(c3F)C3(CC4)CCC3C(=O)O)cc2C(OC)C(C)(C)C)c(F)cn1. The van der Waals surface area contributed by atoms with Gasteiger partial charge in [-0.3, -0.25) is 4.79 Å². The van der Waals surface area contributed by atoms with Gasteiger partial charge in [0.15, 0.2) is 11.6 Å². The van der Waals surface area contributed by atoms with Gasteiger partial charge < -0.3 is 19.3 Å². The highest BCUT2D eigenvalue weighted by atomic mass is 19.1. The van der Waals surface area contributed by atoms with Crippen molar-refractivity contribution in [2.75, 3.05) is 14.2 Å². The molecule has 1 heterocycles. The van der Waals surface area contributed by atoms with E-state index in [0.717, 1.165) is 22.9 Å². The van der Waals surface area contributed by atoms with E-state index < -0.39 is 28.9 Å². The van der Waals surface area contributed by atoms with Crippen LogP contribution < -0.4 is 9.47 Å². The molecule has 1 spiro atoms. The van der Waals surface area contributed by atoms with Crippen LogP contribution >= 0.6 is 0 Å². The number of methoxy groups -OCH3 is 2. The predicted octanol–water partition coefficient (Wildman–Crippen LogP) is 7.03. The fourth-order valence-electron chi connectivity index (χ4n) is 6.54. The molecule has 6 nitrogen and oxygen atoms in total. The molecule has 0 saturated heterocycles. The molecular weight excluding hydrogens is 516 g/mol. The lowest BCUT2D eigenvalue weighted by Crippen LogP contribution is -2.47. The maximum absolute atomic E-state index is 15.9. The second kappa shape index (κ2) is 10.5. The zero-order valence-corrected chi connectivity index (χ0v) is 23.5. The standard InChI is InChI=1S/C32H35F2NO5/c1-31(2,3)29(39-5)22-14-18(6-8-20(22)21-15-26(38-4)35-16-24(21)33)17-40-25-9-7-19-10-12-32(27(19)28(25)34)13-11-23(32)30(36)37/h6-9,14-16,23,29H,10-13,17H2,1-5H3,(H,36,37). The lowest BCUT2D eigenvalue weighted by Gasteiger charge is -2.45. The number of halogens is 2. The van der Waals surface area contributed by atoms with Gasteiger partial charge in [-0.2, -0.15) is 0 Å². The number of hydrogen-bond acceptors (Lipinski definition) is 5. The molecule has 3 atom stereocenters. The van der Waals surface area contributed by atoms with E-state index in [2.05, 4.69) is 4.98 Å². The third kappa shape index (κ3) is 4.72. The summed E-state index contributed by atoms with van der Waals surface area (Å²) in [5, 5.41) is 9.70. The second-order valence-electron chi connectivity index (χ2n) is 11.9. The van der Waals surface area contributed by atoms with Crippen molar-refractivity contribution in [3.63, 3.8) is 0 Å². The number of pyridine rings is 1. The monoisotopic (exact) mass is 551 g/mol. The maximum Gasteiger partial charge on any atom is 0.307 e. The summed E-state index contributed by atoms with van der Waals surface area (Å²) >= 11 is 0. The zero-order valence-electron chi connectivity index (χ0n) is 23.5. The number of fused-ring (bicyclic) bond motifs is 2. The Hall–Kier alpha value is -3.52. The summed E-state index contributed by atoms with van der Waals surface area (Å²) in [7, 11) is 3.10. The van der Waals surface area contributed by atoms with Crippen LogP contribution in [-0.4, -0.2) is 30.3 Å². The molecule has 3 unspecified atom stereocenters. The van der Waals surface area contributed by atoms with Gasteiger partial charge in [0, 0.05) is 29.7 Å². The number of aromatic nitrogens is 1. The number of aryl methyl sites for hydroxylation is 1. The van der Waals surface area contributed by atoms with Gasteiger partial charge >= 0.3 is 5.97 Å². The van der Waals surface area contributed by atoms with Crippen LogP contribution in [-0.2, 0) is 28.0 Å². The van der Waals surface area contributed by atoms with E-state index in [1.165, 1.54) is 7.11 Å². The summed E-state index contributed by atoms with van der Waals surface area (Å²) in [6.07, 6.45) is 3.30. The van der Waals surface area contributed by atoms with E-state index in [4.69, 9.17) is 14.2 Å². The van der Waals surface area contributed by atoms with Gasteiger partial charge in [-0.25, -0.2) is 13.8 Å². The van der Waals surface area contributed by atoms with Crippen molar-refractivity contribution in [1.82, 2.24) is 4.98 Å². The Morgan fingerprint density at radius 3 is 2.52 bits per heavy atom. The van der Waals surface area contributed by atoms with E-state index in [1.54, 1.807) is 19.2 Å². The molecule has 1 fully saturated rings. The molecule has 5 rings (SSSR count). The van der Waals surface area contributed by atoms with Crippen molar-refractivity contribution in [3.05, 3.63) is 76.5 Å². The highest BCUT2D eigenvalue weighted by molar-refractivity contribution is 5.75. The number of carboxylic acids is 1. The minimum atomic E-state index is -0.868. The van der Waals surface area contributed by atoms with E-state index in [0.29, 0.717) is 48.3 Å². The van der Waals surface area contributed by atoms with Crippen molar-refractivity contribution in [2.24, 2.45) is 11.3 Å². The molecule has 0 bridgehead atoms. The number of carbonyl (C=O) groups is 1. The van der Waals surface area contributed by atoms with Gasteiger partial charge in [0.25, 0.3) is 0 Å². The van der Waals surface area contributed by atoms with E-state index in [9.17, 15) is 14.3 Å². The predicted molar refractivity (Wildman–Crippen MR) is 146 cm³/mol. The molecule has 1 N–H and O–H groups in total. The first-order valence-electron chi connectivity index (χ1n) is 13.5. The molecule has 8 heteroatoms. The molecule has 1 saturated carbocycles. The topological polar surface area (TPSA) is 77.9 Å². The molecule has 0 radical (unpaired) electrons. The number of benzene rings is 2. The minimum absolute atomic E-state index is 0.0705. The Morgan fingerprint density at radius 1 is 1.12 bits per heavy atom. The number of carboxylic acid groups (broad SMARTS) is 1. The van der Waals surface area contributed by atoms with Gasteiger partial charge in [0.1, 0.15) is 12.4 Å². The smallest absolute Gasteiger partial charge is 0.307 e. The second-order valence-corrected chi connectivity index (χ2v) is 11.9. The molecule has 212 valence electrons. The Bertz CT molecular complexity index is 1450. The first-order chi connectivity index (χ1) is 19.0. The molecule has 3 aromatic rings. The average molecular weight is 552 g/mol. The molecular formula is C32H35F2NO5. The van der Waals surface area contributed by atoms with Crippen molar-refractivity contribution in [2.45, 2.75) is 64.6 Å². The molecule has 1 aromatic heterocycles. The number of ether oxygens (including phenoxy) is 3. The van der Waals surface area contributed by atoms with Crippen molar-refractivity contribution in [3.8, 4) is 22.8 Å². The number of hydrogen-bond donors (Lipinski definition) is 1. The Labute approximate surface area is 233 Å². The fourth-order valence-corrected chi connectivity index (χ4v) is 6.54. The van der Waals surface area contributed by atoms with Gasteiger partial charge in [0.2, 0.25) is 5.88 Å². The molecule has 2 aliphatic rings. The van der Waals surface area contributed by atoms with Gasteiger partial charge in [0.05, 0.1) is 25.3 Å².